The summed E-state index contributed by atoms with van der Waals surface area (Å²) in [5.41, 5.74) is 3.08. The zero-order valence-electron chi connectivity index (χ0n) is 14.8. The molecule has 2 amide bonds. The quantitative estimate of drug-likeness (QED) is 0.728. The van der Waals surface area contributed by atoms with Crippen LogP contribution in [-0.2, 0) is 4.79 Å². The Morgan fingerprint density at radius 1 is 1.04 bits per heavy atom. The molecule has 2 N–H and O–H groups in total. The summed E-state index contributed by atoms with van der Waals surface area (Å²) in [6, 6.07) is 10.6. The molecule has 7 heteroatoms. The van der Waals surface area contributed by atoms with Crippen molar-refractivity contribution in [2.45, 2.75) is 25.8 Å². The number of fused-ring (bicyclic) bond motifs is 1. The van der Waals surface area contributed by atoms with Crippen molar-refractivity contribution in [3.8, 4) is 0 Å². The van der Waals surface area contributed by atoms with Gasteiger partial charge in [0.1, 0.15) is 11.2 Å². The van der Waals surface area contributed by atoms with Crippen molar-refractivity contribution in [3.63, 3.8) is 0 Å². The molecule has 0 radical (unpaired) electrons. The maximum Gasteiger partial charge on any atom is 0.270 e. The number of hydrogen-bond acceptors (Lipinski definition) is 5. The maximum atomic E-state index is 12.5. The highest BCUT2D eigenvalue weighted by Crippen LogP contribution is 2.30. The SMILES string of the molecule is C[C@H](NC(=O)c1ccc2nccnc2n1)c1ccc(NC(=O)C2CC2)cc1. The summed E-state index contributed by atoms with van der Waals surface area (Å²) in [5.74, 6) is -0.0298. The predicted molar refractivity (Wildman–Crippen MR) is 101 cm³/mol. The van der Waals surface area contributed by atoms with Gasteiger partial charge < -0.3 is 10.6 Å². The Bertz CT molecular complexity index is 999. The molecule has 0 spiro atoms. The van der Waals surface area contributed by atoms with E-state index in [-0.39, 0.29) is 23.8 Å². The van der Waals surface area contributed by atoms with Crippen molar-refractivity contribution in [2.24, 2.45) is 5.92 Å². The van der Waals surface area contributed by atoms with Crippen LogP contribution in [0.25, 0.3) is 11.2 Å². The summed E-state index contributed by atoms with van der Waals surface area (Å²) < 4.78 is 0. The van der Waals surface area contributed by atoms with Crippen molar-refractivity contribution in [1.29, 1.82) is 0 Å². The first kappa shape index (κ1) is 17.1. The molecule has 0 unspecified atom stereocenters. The number of nitrogens with one attached hydrogen (secondary N) is 2. The van der Waals surface area contributed by atoms with E-state index in [2.05, 4.69) is 25.6 Å². The molecule has 1 saturated carbocycles. The van der Waals surface area contributed by atoms with E-state index < -0.39 is 0 Å². The number of pyridine rings is 1. The monoisotopic (exact) mass is 361 g/mol. The van der Waals surface area contributed by atoms with E-state index in [9.17, 15) is 9.59 Å². The minimum atomic E-state index is -0.277. The van der Waals surface area contributed by atoms with Gasteiger partial charge in [-0.05, 0) is 49.6 Å². The van der Waals surface area contributed by atoms with Gasteiger partial charge >= 0.3 is 0 Å². The molecule has 1 atom stereocenters. The molecule has 136 valence electrons. The van der Waals surface area contributed by atoms with Crippen LogP contribution >= 0.6 is 0 Å². The number of carbonyl (C=O) groups excluding carboxylic acids is 2. The van der Waals surface area contributed by atoms with Gasteiger partial charge in [0.15, 0.2) is 5.65 Å². The lowest BCUT2D eigenvalue weighted by Crippen LogP contribution is -2.27. The molecular weight excluding hydrogens is 342 g/mol. The molecule has 0 bridgehead atoms. The fourth-order valence-electron chi connectivity index (χ4n) is 2.78. The normalized spacial score (nSPS) is 14.6. The van der Waals surface area contributed by atoms with E-state index in [1.807, 2.05) is 31.2 Å². The van der Waals surface area contributed by atoms with Crippen LogP contribution in [0, 0.1) is 5.92 Å². The molecule has 1 aliphatic carbocycles. The summed E-state index contributed by atoms with van der Waals surface area (Å²) >= 11 is 0. The summed E-state index contributed by atoms with van der Waals surface area (Å²) in [6.45, 7) is 1.90. The van der Waals surface area contributed by atoms with Crippen LogP contribution in [0.3, 0.4) is 0 Å². The highest BCUT2D eigenvalue weighted by molar-refractivity contribution is 5.95. The molecule has 0 saturated heterocycles. The van der Waals surface area contributed by atoms with E-state index in [4.69, 9.17) is 0 Å². The lowest BCUT2D eigenvalue weighted by atomic mass is 10.1. The molecule has 27 heavy (non-hydrogen) atoms. The van der Waals surface area contributed by atoms with Crippen LogP contribution in [0.5, 0.6) is 0 Å². The van der Waals surface area contributed by atoms with Gasteiger partial charge in [-0.3, -0.25) is 14.6 Å². The van der Waals surface area contributed by atoms with Crippen LogP contribution in [0.1, 0.15) is 41.9 Å². The van der Waals surface area contributed by atoms with E-state index in [0.29, 0.717) is 16.9 Å². The molecular formula is C20H19N5O2. The third kappa shape index (κ3) is 3.92. The number of amides is 2. The van der Waals surface area contributed by atoms with Gasteiger partial charge in [-0.1, -0.05) is 12.1 Å². The van der Waals surface area contributed by atoms with Gasteiger partial charge in [0.25, 0.3) is 5.91 Å². The predicted octanol–water partition coefficient (Wildman–Crippen LogP) is 2.86. The Morgan fingerprint density at radius 3 is 2.52 bits per heavy atom. The van der Waals surface area contributed by atoms with Crippen molar-refractivity contribution in [3.05, 3.63) is 60.0 Å². The Kier molecular flexibility index (Phi) is 4.50. The van der Waals surface area contributed by atoms with E-state index in [1.165, 1.54) is 0 Å². The molecule has 2 aromatic heterocycles. The number of nitrogens with zero attached hydrogens (tertiary/aromatic N) is 3. The highest BCUT2D eigenvalue weighted by Gasteiger charge is 2.29. The average molecular weight is 361 g/mol. The number of carbonyl (C=O) groups is 2. The van der Waals surface area contributed by atoms with Crippen molar-refractivity contribution in [1.82, 2.24) is 20.3 Å². The number of anilines is 1. The molecule has 1 aromatic carbocycles. The molecule has 7 nitrogen and oxygen atoms in total. The standard InChI is InChI=1S/C20H19N5O2/c1-12(13-4-6-15(7-5-13)24-19(26)14-2-3-14)23-20(27)17-9-8-16-18(25-17)22-11-10-21-16/h4-12,14H,2-3H2,1H3,(H,23,27)(H,24,26)/t12-/m0/s1. The summed E-state index contributed by atoms with van der Waals surface area (Å²) in [6.07, 6.45) is 5.08. The van der Waals surface area contributed by atoms with E-state index in [0.717, 1.165) is 24.1 Å². The number of rotatable bonds is 5. The molecule has 2 heterocycles. The highest BCUT2D eigenvalue weighted by atomic mass is 16.2. The van der Waals surface area contributed by atoms with Crippen molar-refractivity contribution < 1.29 is 9.59 Å². The first-order valence-electron chi connectivity index (χ1n) is 8.89. The van der Waals surface area contributed by atoms with Gasteiger partial charge in [0.2, 0.25) is 5.91 Å². The average Bonchev–Trinajstić information content (AvgIpc) is 3.53. The van der Waals surface area contributed by atoms with Gasteiger partial charge in [-0.15, -0.1) is 0 Å². The lowest BCUT2D eigenvalue weighted by Gasteiger charge is -2.15. The molecule has 3 aromatic rings. The van der Waals surface area contributed by atoms with Crippen molar-refractivity contribution in [2.75, 3.05) is 5.32 Å². The van der Waals surface area contributed by atoms with E-state index in [1.54, 1.807) is 24.5 Å². The van der Waals surface area contributed by atoms with Crippen LogP contribution in [-0.4, -0.2) is 26.8 Å². The smallest absolute Gasteiger partial charge is 0.270 e. The number of benzene rings is 1. The summed E-state index contributed by atoms with van der Waals surface area (Å²) in [5, 5.41) is 5.83. The topological polar surface area (TPSA) is 96.9 Å². The largest absolute Gasteiger partial charge is 0.344 e. The Hall–Kier alpha value is -3.35. The van der Waals surface area contributed by atoms with Crippen LogP contribution in [0.4, 0.5) is 5.69 Å². The van der Waals surface area contributed by atoms with E-state index >= 15 is 0 Å². The molecule has 4 rings (SSSR count). The number of aromatic nitrogens is 3. The second-order valence-corrected chi connectivity index (χ2v) is 6.68. The Balaban J connectivity index is 1.41. The van der Waals surface area contributed by atoms with Gasteiger partial charge in [0, 0.05) is 24.0 Å². The zero-order chi connectivity index (χ0) is 18.8. The maximum absolute atomic E-state index is 12.5. The lowest BCUT2D eigenvalue weighted by molar-refractivity contribution is -0.117. The first-order chi connectivity index (χ1) is 13.1. The second-order valence-electron chi connectivity index (χ2n) is 6.68. The minimum absolute atomic E-state index is 0.0783. The van der Waals surface area contributed by atoms with Gasteiger partial charge in [-0.25, -0.2) is 9.97 Å². The molecule has 0 aliphatic heterocycles. The second kappa shape index (κ2) is 7.11. The van der Waals surface area contributed by atoms with Crippen LogP contribution in [0.15, 0.2) is 48.8 Å². The number of hydrogen-bond donors (Lipinski definition) is 2. The fraction of sp³-hybridized carbons (Fsp3) is 0.250. The molecule has 1 fully saturated rings. The Morgan fingerprint density at radius 2 is 1.78 bits per heavy atom. The van der Waals surface area contributed by atoms with Crippen LogP contribution in [0.2, 0.25) is 0 Å². The minimum Gasteiger partial charge on any atom is -0.344 e. The van der Waals surface area contributed by atoms with Crippen molar-refractivity contribution >= 4 is 28.7 Å². The van der Waals surface area contributed by atoms with Gasteiger partial charge in [0.05, 0.1) is 6.04 Å². The first-order valence-corrected chi connectivity index (χ1v) is 8.89. The fourth-order valence-corrected chi connectivity index (χ4v) is 2.78. The van der Waals surface area contributed by atoms with Crippen LogP contribution < -0.4 is 10.6 Å². The Labute approximate surface area is 156 Å². The summed E-state index contributed by atoms with van der Waals surface area (Å²) in [4.78, 5) is 36.8. The third-order valence-corrected chi connectivity index (χ3v) is 4.54. The third-order valence-electron chi connectivity index (χ3n) is 4.54. The van der Waals surface area contributed by atoms with Gasteiger partial charge in [-0.2, -0.15) is 0 Å². The zero-order valence-corrected chi connectivity index (χ0v) is 14.8. The summed E-state index contributed by atoms with van der Waals surface area (Å²) in [7, 11) is 0. The molecule has 1 aliphatic rings.